The Kier molecular flexibility index (Phi) is 3.49. The summed E-state index contributed by atoms with van der Waals surface area (Å²) in [5.74, 6) is -1.16. The number of nitrogens with two attached hydrogens (primary N) is 1. The third-order valence-corrected chi connectivity index (χ3v) is 1.84. The maximum absolute atomic E-state index is 13.1. The number of anilines is 1. The van der Waals surface area contributed by atoms with E-state index in [1.165, 1.54) is 13.2 Å². The standard InChI is InChI=1S/C10H12FNO3/c1-3-15-7-5-4-6(11)9(12)8(7)10(13)14-2/h4-5H,3,12H2,1-2H3. The number of hydrogen-bond donors (Lipinski definition) is 1. The lowest BCUT2D eigenvalue weighted by atomic mass is 10.1. The van der Waals surface area contributed by atoms with Crippen LogP contribution in [0.1, 0.15) is 17.3 Å². The van der Waals surface area contributed by atoms with E-state index in [9.17, 15) is 9.18 Å². The number of carbonyl (C=O) groups is 1. The molecule has 0 bridgehead atoms. The van der Waals surface area contributed by atoms with Crippen LogP contribution in [0, 0.1) is 5.82 Å². The molecule has 0 heterocycles. The van der Waals surface area contributed by atoms with Crippen LogP contribution in [0.15, 0.2) is 12.1 Å². The maximum Gasteiger partial charge on any atom is 0.343 e. The van der Waals surface area contributed by atoms with Crippen LogP contribution >= 0.6 is 0 Å². The Labute approximate surface area is 86.8 Å². The molecule has 4 nitrogen and oxygen atoms in total. The Morgan fingerprint density at radius 3 is 2.73 bits per heavy atom. The minimum Gasteiger partial charge on any atom is -0.493 e. The van der Waals surface area contributed by atoms with Crippen molar-refractivity contribution in [3.63, 3.8) is 0 Å². The van der Waals surface area contributed by atoms with E-state index in [1.807, 2.05) is 0 Å². The predicted octanol–water partition coefficient (Wildman–Crippen LogP) is 1.59. The number of hydrogen-bond acceptors (Lipinski definition) is 4. The molecule has 1 aromatic rings. The van der Waals surface area contributed by atoms with Gasteiger partial charge in [0.15, 0.2) is 0 Å². The molecule has 82 valence electrons. The first-order chi connectivity index (χ1) is 7.11. The molecule has 15 heavy (non-hydrogen) atoms. The van der Waals surface area contributed by atoms with Gasteiger partial charge < -0.3 is 15.2 Å². The van der Waals surface area contributed by atoms with Gasteiger partial charge in [0.25, 0.3) is 0 Å². The molecule has 0 spiro atoms. The van der Waals surface area contributed by atoms with Crippen molar-refractivity contribution in [2.75, 3.05) is 19.5 Å². The average Bonchev–Trinajstić information content (AvgIpc) is 2.23. The van der Waals surface area contributed by atoms with Crippen LogP contribution in [-0.2, 0) is 4.74 Å². The van der Waals surface area contributed by atoms with E-state index < -0.39 is 11.8 Å². The average molecular weight is 213 g/mol. The number of carbonyl (C=O) groups excluding carboxylic acids is 1. The largest absolute Gasteiger partial charge is 0.493 e. The van der Waals surface area contributed by atoms with Crippen LogP contribution in [0.4, 0.5) is 10.1 Å². The minimum absolute atomic E-state index is 0.0700. The van der Waals surface area contributed by atoms with Crippen LogP contribution < -0.4 is 10.5 Å². The van der Waals surface area contributed by atoms with E-state index in [2.05, 4.69) is 4.74 Å². The summed E-state index contributed by atoms with van der Waals surface area (Å²) in [5.41, 5.74) is 5.11. The quantitative estimate of drug-likeness (QED) is 0.611. The zero-order chi connectivity index (χ0) is 11.4. The van der Waals surface area contributed by atoms with Crippen LogP contribution in [0.3, 0.4) is 0 Å². The Morgan fingerprint density at radius 2 is 2.20 bits per heavy atom. The summed E-state index contributed by atoms with van der Waals surface area (Å²) in [6.07, 6.45) is 0. The van der Waals surface area contributed by atoms with Gasteiger partial charge in [0.05, 0.1) is 19.4 Å². The van der Waals surface area contributed by atoms with Crippen LogP contribution in [0.25, 0.3) is 0 Å². The van der Waals surface area contributed by atoms with Gasteiger partial charge in [-0.05, 0) is 19.1 Å². The van der Waals surface area contributed by atoms with Gasteiger partial charge in [0, 0.05) is 0 Å². The van der Waals surface area contributed by atoms with E-state index in [1.54, 1.807) is 6.92 Å². The van der Waals surface area contributed by atoms with Gasteiger partial charge in [-0.1, -0.05) is 0 Å². The molecule has 0 amide bonds. The molecule has 0 unspecified atom stereocenters. The lowest BCUT2D eigenvalue weighted by Gasteiger charge is -2.11. The zero-order valence-corrected chi connectivity index (χ0v) is 8.54. The first-order valence-electron chi connectivity index (χ1n) is 4.40. The predicted molar refractivity (Wildman–Crippen MR) is 53.3 cm³/mol. The van der Waals surface area contributed by atoms with Gasteiger partial charge in [-0.3, -0.25) is 0 Å². The molecule has 0 saturated heterocycles. The molecule has 0 atom stereocenters. The van der Waals surface area contributed by atoms with E-state index in [0.717, 1.165) is 6.07 Å². The summed E-state index contributed by atoms with van der Waals surface area (Å²) < 4.78 is 22.7. The van der Waals surface area contributed by atoms with Crippen molar-refractivity contribution in [2.24, 2.45) is 0 Å². The normalized spacial score (nSPS) is 9.80. The zero-order valence-electron chi connectivity index (χ0n) is 8.54. The highest BCUT2D eigenvalue weighted by molar-refractivity contribution is 5.98. The molecular formula is C10H12FNO3. The number of halogens is 1. The van der Waals surface area contributed by atoms with E-state index in [4.69, 9.17) is 10.5 Å². The number of methoxy groups -OCH3 is 1. The van der Waals surface area contributed by atoms with Crippen molar-refractivity contribution < 1.29 is 18.7 Å². The van der Waals surface area contributed by atoms with Gasteiger partial charge in [-0.25, -0.2) is 9.18 Å². The third-order valence-electron chi connectivity index (χ3n) is 1.84. The third kappa shape index (κ3) is 2.18. The Bertz CT molecular complexity index is 379. The van der Waals surface area contributed by atoms with Crippen LogP contribution in [-0.4, -0.2) is 19.7 Å². The van der Waals surface area contributed by atoms with Gasteiger partial charge >= 0.3 is 5.97 Å². The number of nitrogen functional groups attached to an aromatic ring is 1. The smallest absolute Gasteiger partial charge is 0.343 e. The molecule has 0 aliphatic heterocycles. The SMILES string of the molecule is CCOc1ccc(F)c(N)c1C(=O)OC. The fraction of sp³-hybridized carbons (Fsp3) is 0.300. The summed E-state index contributed by atoms with van der Waals surface area (Å²) in [4.78, 5) is 11.3. The summed E-state index contributed by atoms with van der Waals surface area (Å²) in [7, 11) is 1.20. The molecule has 5 heteroatoms. The summed E-state index contributed by atoms with van der Waals surface area (Å²) >= 11 is 0. The van der Waals surface area contributed by atoms with Gasteiger partial charge in [-0.15, -0.1) is 0 Å². The number of rotatable bonds is 3. The second-order valence-corrected chi connectivity index (χ2v) is 2.76. The number of ether oxygens (including phenoxy) is 2. The van der Waals surface area contributed by atoms with Gasteiger partial charge in [0.2, 0.25) is 0 Å². The lowest BCUT2D eigenvalue weighted by molar-refractivity contribution is 0.0597. The molecule has 0 aliphatic carbocycles. The van der Waals surface area contributed by atoms with Crippen LogP contribution in [0.5, 0.6) is 5.75 Å². The first-order valence-corrected chi connectivity index (χ1v) is 4.40. The molecule has 2 N–H and O–H groups in total. The number of benzene rings is 1. The Hall–Kier alpha value is -1.78. The molecule has 1 rings (SSSR count). The Balaban J connectivity index is 3.28. The lowest BCUT2D eigenvalue weighted by Crippen LogP contribution is -2.10. The van der Waals surface area contributed by atoms with Crippen molar-refractivity contribution in [3.8, 4) is 5.75 Å². The van der Waals surface area contributed by atoms with E-state index in [-0.39, 0.29) is 17.0 Å². The maximum atomic E-state index is 13.1. The second kappa shape index (κ2) is 4.63. The highest BCUT2D eigenvalue weighted by Crippen LogP contribution is 2.27. The fourth-order valence-corrected chi connectivity index (χ4v) is 1.16. The van der Waals surface area contributed by atoms with Crippen LogP contribution in [0.2, 0.25) is 0 Å². The molecular weight excluding hydrogens is 201 g/mol. The van der Waals surface area contributed by atoms with Crippen molar-refractivity contribution in [2.45, 2.75) is 6.92 Å². The minimum atomic E-state index is -0.713. The molecule has 0 aliphatic rings. The number of esters is 1. The van der Waals surface area contributed by atoms with Gasteiger partial charge in [0.1, 0.15) is 17.1 Å². The first kappa shape index (κ1) is 11.3. The van der Waals surface area contributed by atoms with Crippen molar-refractivity contribution in [3.05, 3.63) is 23.5 Å². The summed E-state index contributed by atoms with van der Waals surface area (Å²) in [5, 5.41) is 0. The molecule has 0 saturated carbocycles. The highest BCUT2D eigenvalue weighted by Gasteiger charge is 2.19. The highest BCUT2D eigenvalue weighted by atomic mass is 19.1. The summed E-state index contributed by atoms with van der Waals surface area (Å²) in [6, 6.07) is 2.49. The fourth-order valence-electron chi connectivity index (χ4n) is 1.16. The molecule has 1 aromatic carbocycles. The molecule has 0 fully saturated rings. The second-order valence-electron chi connectivity index (χ2n) is 2.76. The van der Waals surface area contributed by atoms with E-state index >= 15 is 0 Å². The van der Waals surface area contributed by atoms with Crippen molar-refractivity contribution in [1.82, 2.24) is 0 Å². The van der Waals surface area contributed by atoms with Crippen molar-refractivity contribution >= 4 is 11.7 Å². The monoisotopic (exact) mass is 213 g/mol. The van der Waals surface area contributed by atoms with E-state index in [0.29, 0.717) is 6.61 Å². The molecule has 0 aromatic heterocycles. The topological polar surface area (TPSA) is 61.5 Å². The Morgan fingerprint density at radius 1 is 1.53 bits per heavy atom. The summed E-state index contributed by atoms with van der Waals surface area (Å²) in [6.45, 7) is 2.11. The van der Waals surface area contributed by atoms with Gasteiger partial charge in [-0.2, -0.15) is 0 Å². The van der Waals surface area contributed by atoms with Crippen molar-refractivity contribution in [1.29, 1.82) is 0 Å². The molecule has 0 radical (unpaired) electrons.